The van der Waals surface area contributed by atoms with Gasteiger partial charge in [-0.2, -0.15) is 0 Å². The second-order valence-electron chi connectivity index (χ2n) is 6.39. The number of anilines is 1. The maximum absolute atomic E-state index is 4.98. The van der Waals surface area contributed by atoms with Crippen LogP contribution in [0.15, 0.2) is 35.3 Å². The minimum absolute atomic E-state index is 0.580. The summed E-state index contributed by atoms with van der Waals surface area (Å²) in [5.41, 5.74) is 7.80. The molecule has 100 valence electrons. The normalized spacial score (nSPS) is 35.7. The van der Waals surface area contributed by atoms with Gasteiger partial charge in [0, 0.05) is 5.92 Å². The molecule has 1 aromatic carbocycles. The molecule has 2 fully saturated rings. The van der Waals surface area contributed by atoms with E-state index in [0.29, 0.717) is 12.0 Å². The fourth-order valence-corrected chi connectivity index (χ4v) is 4.24. The lowest BCUT2D eigenvalue weighted by Crippen LogP contribution is -2.37. The fourth-order valence-electron chi connectivity index (χ4n) is 4.24. The van der Waals surface area contributed by atoms with Gasteiger partial charge < -0.3 is 0 Å². The zero-order valence-electron chi connectivity index (χ0n) is 11.2. The van der Waals surface area contributed by atoms with Gasteiger partial charge in [-0.3, -0.25) is 15.8 Å². The number of nitrogens with one attached hydrogen (secondary N) is 2. The quantitative estimate of drug-likeness (QED) is 0.796. The first-order chi connectivity index (χ1) is 9.37. The molecule has 2 unspecified atom stereocenters. The summed E-state index contributed by atoms with van der Waals surface area (Å²) in [6.45, 7) is 0. The number of hydrogen-bond acceptors (Lipinski definition) is 3. The minimum atomic E-state index is 0.580. The Bertz CT molecular complexity index is 468. The zero-order valence-corrected chi connectivity index (χ0v) is 11.2. The van der Waals surface area contributed by atoms with Crippen molar-refractivity contribution in [2.75, 3.05) is 5.43 Å². The van der Waals surface area contributed by atoms with E-state index in [1.165, 1.54) is 37.9 Å². The summed E-state index contributed by atoms with van der Waals surface area (Å²) in [5, 5.41) is 0. The number of hydrogen-bond donors (Lipinski definition) is 2. The first kappa shape index (κ1) is 11.3. The molecule has 0 radical (unpaired) electrons. The van der Waals surface area contributed by atoms with Gasteiger partial charge in [0.25, 0.3) is 0 Å². The van der Waals surface area contributed by atoms with Crippen LogP contribution in [-0.4, -0.2) is 11.9 Å². The van der Waals surface area contributed by atoms with E-state index in [1.54, 1.807) is 0 Å². The molecule has 0 aromatic heterocycles. The van der Waals surface area contributed by atoms with Crippen LogP contribution in [0.4, 0.5) is 5.69 Å². The Labute approximate surface area is 114 Å². The van der Waals surface area contributed by atoms with Crippen molar-refractivity contribution in [3.05, 3.63) is 30.3 Å². The van der Waals surface area contributed by atoms with E-state index in [-0.39, 0.29) is 0 Å². The maximum Gasteiger partial charge on any atom is 0.118 e. The second kappa shape index (κ2) is 4.55. The number of nitrogens with zero attached hydrogens (tertiary/aromatic N) is 1. The van der Waals surface area contributed by atoms with Crippen molar-refractivity contribution in [3.63, 3.8) is 0 Å². The summed E-state index contributed by atoms with van der Waals surface area (Å²) >= 11 is 0. The molecule has 3 heteroatoms. The highest BCUT2D eigenvalue weighted by atomic mass is 15.4. The van der Waals surface area contributed by atoms with Crippen molar-refractivity contribution in [3.8, 4) is 0 Å². The molecular formula is C16H21N3. The minimum Gasteiger partial charge on any atom is -0.300 e. The number of benzene rings is 1. The topological polar surface area (TPSA) is 36.4 Å². The van der Waals surface area contributed by atoms with Gasteiger partial charge in [-0.25, -0.2) is 0 Å². The highest BCUT2D eigenvalue weighted by Gasteiger charge is 2.40. The van der Waals surface area contributed by atoms with E-state index in [1.807, 2.05) is 18.2 Å². The van der Waals surface area contributed by atoms with Crippen molar-refractivity contribution in [2.45, 2.75) is 38.1 Å². The number of hydrazine groups is 1. The van der Waals surface area contributed by atoms with Crippen molar-refractivity contribution in [1.29, 1.82) is 0 Å². The summed E-state index contributed by atoms with van der Waals surface area (Å²) in [5.74, 6) is 3.73. The smallest absolute Gasteiger partial charge is 0.118 e. The van der Waals surface area contributed by atoms with Gasteiger partial charge in [-0.1, -0.05) is 18.2 Å². The third-order valence-electron chi connectivity index (χ3n) is 4.93. The molecule has 1 aromatic rings. The SMILES string of the molecule is c1ccc(NNC2=NC3C[C@@H]4CC2C[C@H](C3)C4)cc1. The van der Waals surface area contributed by atoms with Crippen LogP contribution in [0.5, 0.6) is 0 Å². The molecule has 0 spiro atoms. The fraction of sp³-hybridized carbons (Fsp3) is 0.562. The third-order valence-corrected chi connectivity index (χ3v) is 4.93. The van der Waals surface area contributed by atoms with E-state index in [2.05, 4.69) is 23.0 Å². The van der Waals surface area contributed by atoms with E-state index in [0.717, 1.165) is 17.5 Å². The molecule has 3 nitrogen and oxygen atoms in total. The summed E-state index contributed by atoms with van der Waals surface area (Å²) in [4.78, 5) is 4.98. The van der Waals surface area contributed by atoms with E-state index in [4.69, 9.17) is 4.99 Å². The number of aliphatic imine (C=N–C) groups is 1. The van der Waals surface area contributed by atoms with E-state index < -0.39 is 0 Å². The van der Waals surface area contributed by atoms with Gasteiger partial charge >= 0.3 is 0 Å². The molecule has 0 saturated heterocycles. The van der Waals surface area contributed by atoms with E-state index in [9.17, 15) is 0 Å². The lowest BCUT2D eigenvalue weighted by Gasteiger charge is -2.37. The van der Waals surface area contributed by atoms with Gasteiger partial charge in [0.2, 0.25) is 0 Å². The first-order valence-electron chi connectivity index (χ1n) is 7.51. The molecule has 2 heterocycles. The molecule has 2 saturated carbocycles. The van der Waals surface area contributed by atoms with Crippen molar-refractivity contribution < 1.29 is 0 Å². The Morgan fingerprint density at radius 3 is 2.32 bits per heavy atom. The molecule has 4 bridgehead atoms. The summed E-state index contributed by atoms with van der Waals surface area (Å²) in [6.07, 6.45) is 6.79. The number of rotatable bonds is 2. The monoisotopic (exact) mass is 255 g/mol. The van der Waals surface area contributed by atoms with Crippen LogP contribution in [-0.2, 0) is 0 Å². The Balaban J connectivity index is 1.49. The highest BCUT2D eigenvalue weighted by molar-refractivity contribution is 5.86. The van der Waals surface area contributed by atoms with Crippen LogP contribution in [0.2, 0.25) is 0 Å². The average Bonchev–Trinajstić information content (AvgIpc) is 2.61. The maximum atomic E-state index is 4.98. The largest absolute Gasteiger partial charge is 0.300 e. The van der Waals surface area contributed by atoms with Crippen LogP contribution < -0.4 is 10.9 Å². The first-order valence-corrected chi connectivity index (χ1v) is 7.51. The van der Waals surface area contributed by atoms with Crippen molar-refractivity contribution in [2.24, 2.45) is 22.7 Å². The molecular weight excluding hydrogens is 234 g/mol. The predicted octanol–water partition coefficient (Wildman–Crippen LogP) is 3.21. The Hall–Kier alpha value is -1.51. The average molecular weight is 255 g/mol. The van der Waals surface area contributed by atoms with Crippen LogP contribution in [0, 0.1) is 17.8 Å². The van der Waals surface area contributed by atoms with Crippen LogP contribution in [0.1, 0.15) is 32.1 Å². The van der Waals surface area contributed by atoms with Crippen LogP contribution in [0.3, 0.4) is 0 Å². The van der Waals surface area contributed by atoms with Gasteiger partial charge in [0.15, 0.2) is 0 Å². The molecule has 0 amide bonds. The summed E-state index contributed by atoms with van der Waals surface area (Å²) in [6, 6.07) is 10.9. The molecule has 19 heavy (non-hydrogen) atoms. The van der Waals surface area contributed by atoms with Gasteiger partial charge in [0.05, 0.1) is 11.7 Å². The molecule has 5 rings (SSSR count). The van der Waals surface area contributed by atoms with Crippen LogP contribution in [0.25, 0.3) is 0 Å². The molecule has 2 aliphatic heterocycles. The lowest BCUT2D eigenvalue weighted by molar-refractivity contribution is 0.161. The van der Waals surface area contributed by atoms with E-state index >= 15 is 0 Å². The van der Waals surface area contributed by atoms with Gasteiger partial charge in [-0.15, -0.1) is 0 Å². The standard InChI is InChI=1S/C16H21N3/c1-2-4-14(5-3-1)18-19-16-13-7-11-6-12(8-13)10-15(9-11)17-16/h1-5,11-13,15,18H,6-10H2,(H,17,19)/t11-,12+,13?,15?. The van der Waals surface area contributed by atoms with Gasteiger partial charge in [-0.05, 0) is 56.1 Å². The predicted molar refractivity (Wildman–Crippen MR) is 78.0 cm³/mol. The number of amidine groups is 1. The molecule has 2 N–H and O–H groups in total. The second-order valence-corrected chi connectivity index (χ2v) is 6.39. The third kappa shape index (κ3) is 2.22. The highest BCUT2D eigenvalue weighted by Crippen LogP contribution is 2.46. The number of para-hydroxylation sites is 1. The summed E-state index contributed by atoms with van der Waals surface area (Å²) in [7, 11) is 0. The molecule has 4 aliphatic rings. The molecule has 2 aliphatic carbocycles. The molecule has 4 atom stereocenters. The van der Waals surface area contributed by atoms with Gasteiger partial charge in [0.1, 0.15) is 5.84 Å². The Kier molecular flexibility index (Phi) is 2.71. The summed E-state index contributed by atoms with van der Waals surface area (Å²) < 4.78 is 0. The zero-order chi connectivity index (χ0) is 12.7. The van der Waals surface area contributed by atoms with Crippen LogP contribution >= 0.6 is 0 Å². The Morgan fingerprint density at radius 2 is 1.58 bits per heavy atom. The van der Waals surface area contributed by atoms with Crippen molar-refractivity contribution >= 4 is 11.5 Å². The van der Waals surface area contributed by atoms with Crippen molar-refractivity contribution in [1.82, 2.24) is 5.43 Å². The Morgan fingerprint density at radius 1 is 0.842 bits per heavy atom. The lowest BCUT2D eigenvalue weighted by atomic mass is 9.68.